The molecule has 1 aliphatic heterocycles. The highest BCUT2D eigenvalue weighted by molar-refractivity contribution is 5.44. The molecule has 3 heterocycles. The van der Waals surface area contributed by atoms with Crippen molar-refractivity contribution in [3.8, 4) is 5.88 Å². The van der Waals surface area contributed by atoms with Gasteiger partial charge < -0.3 is 21.2 Å². The number of aromatic nitrogens is 3. The van der Waals surface area contributed by atoms with Gasteiger partial charge >= 0.3 is 0 Å². The highest BCUT2D eigenvalue weighted by Crippen LogP contribution is 2.46. The van der Waals surface area contributed by atoms with Crippen LogP contribution in [0.15, 0.2) is 41.1 Å². The van der Waals surface area contributed by atoms with Gasteiger partial charge in [0.25, 0.3) is 5.56 Å². The fourth-order valence-electron chi connectivity index (χ4n) is 3.14. The zero-order valence-electron chi connectivity index (χ0n) is 15.8. The van der Waals surface area contributed by atoms with Crippen molar-refractivity contribution in [2.45, 2.75) is 12.3 Å². The predicted molar refractivity (Wildman–Crippen MR) is 105 cm³/mol. The second-order valence-electron chi connectivity index (χ2n) is 7.11. The van der Waals surface area contributed by atoms with E-state index >= 15 is 0 Å². The molecule has 1 aliphatic carbocycles. The zero-order chi connectivity index (χ0) is 19.7. The standard InChI is InChI=1S/C18H24N8O2/c1-25-9-13(22-24-25)8-21-16-6-17(23-26(2)18(16)27)28-10-11-5-14(11)15-4-3-12(19)7-20-15/h3-4,6-7,9,11,14,21-22,24H,5,8,10,19H2,1-2H3. The Labute approximate surface area is 162 Å². The average Bonchev–Trinajstić information content (AvgIpc) is 3.34. The first kappa shape index (κ1) is 18.1. The number of pyridine rings is 1. The van der Waals surface area contributed by atoms with Crippen LogP contribution in [0.3, 0.4) is 0 Å². The molecule has 0 saturated heterocycles. The van der Waals surface area contributed by atoms with E-state index < -0.39 is 0 Å². The lowest BCUT2D eigenvalue weighted by Crippen LogP contribution is -2.34. The molecule has 1 fully saturated rings. The van der Waals surface area contributed by atoms with Crippen LogP contribution in [0.5, 0.6) is 5.88 Å². The molecule has 4 rings (SSSR count). The van der Waals surface area contributed by atoms with Crippen LogP contribution in [0.2, 0.25) is 0 Å². The summed E-state index contributed by atoms with van der Waals surface area (Å²) in [6.07, 6.45) is 4.60. The van der Waals surface area contributed by atoms with Crippen molar-refractivity contribution in [3.63, 3.8) is 0 Å². The number of rotatable bonds is 7. The van der Waals surface area contributed by atoms with E-state index in [0.717, 1.165) is 17.8 Å². The summed E-state index contributed by atoms with van der Waals surface area (Å²) in [5.41, 5.74) is 14.5. The largest absolute Gasteiger partial charge is 0.476 e. The molecule has 0 amide bonds. The molecule has 28 heavy (non-hydrogen) atoms. The lowest BCUT2D eigenvalue weighted by atomic mass is 10.2. The maximum Gasteiger partial charge on any atom is 0.290 e. The summed E-state index contributed by atoms with van der Waals surface area (Å²) < 4.78 is 7.14. The molecule has 2 aromatic rings. The average molecular weight is 384 g/mol. The quantitative estimate of drug-likeness (QED) is 0.528. The van der Waals surface area contributed by atoms with Crippen LogP contribution >= 0.6 is 0 Å². The Kier molecular flexibility index (Phi) is 4.78. The van der Waals surface area contributed by atoms with Gasteiger partial charge in [0.05, 0.1) is 30.7 Å². The summed E-state index contributed by atoms with van der Waals surface area (Å²) in [6, 6.07) is 5.48. The van der Waals surface area contributed by atoms with Crippen LogP contribution in [0.1, 0.15) is 18.0 Å². The lowest BCUT2D eigenvalue weighted by molar-refractivity contribution is 0.278. The molecule has 2 aromatic heterocycles. The van der Waals surface area contributed by atoms with Gasteiger partial charge in [-0.25, -0.2) is 4.68 Å². The van der Waals surface area contributed by atoms with Gasteiger partial charge in [-0.1, -0.05) is 0 Å². The Bertz CT molecular complexity index is 940. The number of nitrogens with two attached hydrogens (primary N) is 1. The Morgan fingerprint density at radius 1 is 1.39 bits per heavy atom. The maximum atomic E-state index is 12.3. The summed E-state index contributed by atoms with van der Waals surface area (Å²) >= 11 is 0. The smallest absolute Gasteiger partial charge is 0.290 e. The SMILES string of the molecule is CN1C=C(CNc2cc(OCC3CC3c3ccc(N)cn3)nn(C)c2=O)NN1. The van der Waals surface area contributed by atoms with E-state index in [2.05, 4.69) is 26.4 Å². The summed E-state index contributed by atoms with van der Waals surface area (Å²) in [5.74, 6) is 1.20. The second kappa shape index (κ2) is 7.39. The Balaban J connectivity index is 1.36. The highest BCUT2D eigenvalue weighted by Gasteiger charge is 2.40. The van der Waals surface area contributed by atoms with Gasteiger partial charge in [-0.2, -0.15) is 0 Å². The summed E-state index contributed by atoms with van der Waals surface area (Å²) in [6.45, 7) is 1.01. The summed E-state index contributed by atoms with van der Waals surface area (Å²) in [7, 11) is 3.49. The number of hydrazine groups is 2. The predicted octanol–water partition coefficient (Wildman–Crippen LogP) is 0.148. The number of ether oxygens (including phenoxy) is 1. The van der Waals surface area contributed by atoms with Crippen LogP contribution in [-0.4, -0.2) is 40.0 Å². The molecule has 2 aliphatic rings. The van der Waals surface area contributed by atoms with Crippen molar-refractivity contribution in [1.82, 2.24) is 30.7 Å². The maximum absolute atomic E-state index is 12.3. The monoisotopic (exact) mass is 384 g/mol. The van der Waals surface area contributed by atoms with Crippen LogP contribution in [-0.2, 0) is 7.05 Å². The normalized spacial score (nSPS) is 20.5. The molecule has 2 atom stereocenters. The number of hydrogen-bond donors (Lipinski definition) is 4. The third kappa shape index (κ3) is 4.01. The van der Waals surface area contributed by atoms with Crippen molar-refractivity contribution in [2.24, 2.45) is 13.0 Å². The van der Waals surface area contributed by atoms with E-state index in [1.54, 1.807) is 24.3 Å². The Hall–Kier alpha value is -3.27. The molecule has 148 valence electrons. The van der Waals surface area contributed by atoms with E-state index in [0.29, 0.717) is 42.2 Å². The van der Waals surface area contributed by atoms with Crippen molar-refractivity contribution < 1.29 is 4.74 Å². The van der Waals surface area contributed by atoms with Gasteiger partial charge in [-0.15, -0.1) is 10.6 Å². The second-order valence-corrected chi connectivity index (χ2v) is 7.11. The van der Waals surface area contributed by atoms with Crippen LogP contribution < -0.4 is 32.3 Å². The van der Waals surface area contributed by atoms with E-state index in [4.69, 9.17) is 10.5 Å². The molecule has 10 nitrogen and oxygen atoms in total. The number of nitrogen functional groups attached to an aromatic ring is 1. The van der Waals surface area contributed by atoms with Crippen LogP contribution in [0.4, 0.5) is 11.4 Å². The minimum absolute atomic E-state index is 0.206. The lowest BCUT2D eigenvalue weighted by Gasteiger charge is -2.11. The Morgan fingerprint density at radius 2 is 2.25 bits per heavy atom. The molecule has 0 aromatic carbocycles. The van der Waals surface area contributed by atoms with E-state index in [-0.39, 0.29) is 5.56 Å². The molecule has 10 heteroatoms. The molecule has 5 N–H and O–H groups in total. The number of anilines is 2. The Morgan fingerprint density at radius 3 is 2.96 bits per heavy atom. The van der Waals surface area contributed by atoms with Crippen molar-refractivity contribution in [1.29, 1.82) is 0 Å². The highest BCUT2D eigenvalue weighted by atomic mass is 16.5. The van der Waals surface area contributed by atoms with E-state index in [9.17, 15) is 4.79 Å². The van der Waals surface area contributed by atoms with E-state index in [1.807, 2.05) is 25.4 Å². The first-order chi connectivity index (χ1) is 13.5. The molecule has 0 bridgehead atoms. The van der Waals surface area contributed by atoms with Crippen molar-refractivity contribution in [2.75, 3.05) is 31.2 Å². The molecular weight excluding hydrogens is 360 g/mol. The number of hydrogen-bond acceptors (Lipinski definition) is 9. The van der Waals surface area contributed by atoms with Gasteiger partial charge in [0, 0.05) is 43.9 Å². The molecule has 0 spiro atoms. The van der Waals surface area contributed by atoms with Gasteiger partial charge in [-0.3, -0.25) is 14.8 Å². The third-order valence-corrected chi connectivity index (χ3v) is 4.81. The van der Waals surface area contributed by atoms with Crippen LogP contribution in [0.25, 0.3) is 0 Å². The summed E-state index contributed by atoms with van der Waals surface area (Å²) in [5, 5.41) is 9.11. The van der Waals surface area contributed by atoms with E-state index in [1.165, 1.54) is 4.68 Å². The molecule has 2 unspecified atom stereocenters. The van der Waals surface area contributed by atoms with Gasteiger partial charge in [-0.05, 0) is 18.6 Å². The van der Waals surface area contributed by atoms with Crippen molar-refractivity contribution >= 4 is 11.4 Å². The van der Waals surface area contributed by atoms with Crippen molar-refractivity contribution in [3.05, 3.63) is 52.3 Å². The minimum atomic E-state index is -0.206. The van der Waals surface area contributed by atoms with Crippen LogP contribution in [0, 0.1) is 5.92 Å². The summed E-state index contributed by atoms with van der Waals surface area (Å²) in [4.78, 5) is 16.7. The van der Waals surface area contributed by atoms with Gasteiger partial charge in [0.15, 0.2) is 0 Å². The third-order valence-electron chi connectivity index (χ3n) is 4.81. The first-order valence-corrected chi connectivity index (χ1v) is 9.11. The fraction of sp³-hybridized carbons (Fsp3) is 0.389. The zero-order valence-corrected chi connectivity index (χ0v) is 15.8. The minimum Gasteiger partial charge on any atom is -0.476 e. The van der Waals surface area contributed by atoms with Gasteiger partial charge in [0.2, 0.25) is 5.88 Å². The topological polar surface area (TPSA) is 122 Å². The molecular formula is C18H24N8O2. The number of aryl methyl sites for hydroxylation is 1. The number of nitrogens with one attached hydrogen (secondary N) is 3. The van der Waals surface area contributed by atoms with Gasteiger partial charge in [0.1, 0.15) is 5.69 Å². The fourth-order valence-corrected chi connectivity index (χ4v) is 3.14. The first-order valence-electron chi connectivity index (χ1n) is 9.11. The molecule has 0 radical (unpaired) electrons. The number of nitrogens with zero attached hydrogens (tertiary/aromatic N) is 4. The molecule has 1 saturated carbocycles.